The van der Waals surface area contributed by atoms with Crippen LogP contribution in [0.5, 0.6) is 0 Å². The SMILES string of the molecule is CCN(CC)c1nc(NN)nc(NCCS(C)=O)n1. The number of nitrogen functional groups attached to an aromatic ring is 1. The van der Waals surface area contributed by atoms with Crippen molar-refractivity contribution in [2.24, 2.45) is 5.84 Å². The van der Waals surface area contributed by atoms with Crippen molar-refractivity contribution in [2.45, 2.75) is 13.8 Å². The van der Waals surface area contributed by atoms with Gasteiger partial charge in [-0.25, -0.2) is 5.84 Å². The predicted octanol–water partition coefficient (Wildman–Crippen LogP) is -0.206. The van der Waals surface area contributed by atoms with E-state index in [0.29, 0.717) is 30.1 Å². The molecular weight excluding hydrogens is 266 g/mol. The van der Waals surface area contributed by atoms with Crippen molar-refractivity contribution in [1.29, 1.82) is 0 Å². The summed E-state index contributed by atoms with van der Waals surface area (Å²) in [5.74, 6) is 7.18. The van der Waals surface area contributed by atoms with Crippen LogP contribution >= 0.6 is 0 Å². The highest BCUT2D eigenvalue weighted by atomic mass is 32.2. The standard InChI is InChI=1S/C10H21N7OS/c1-4-17(5-2)10-14-8(12-6-7-19(3)18)13-9(15-10)16-11/h4-7,11H2,1-3H3,(H2,12,13,14,15,16). The summed E-state index contributed by atoms with van der Waals surface area (Å²) in [6.07, 6.45) is 1.66. The fraction of sp³-hybridized carbons (Fsp3) is 0.700. The average molecular weight is 287 g/mol. The van der Waals surface area contributed by atoms with E-state index in [1.807, 2.05) is 18.7 Å². The van der Waals surface area contributed by atoms with Gasteiger partial charge >= 0.3 is 0 Å². The van der Waals surface area contributed by atoms with Crippen LogP contribution in [0, 0.1) is 0 Å². The van der Waals surface area contributed by atoms with Crippen molar-refractivity contribution in [3.05, 3.63) is 0 Å². The molecule has 1 aromatic heterocycles. The van der Waals surface area contributed by atoms with E-state index in [9.17, 15) is 4.21 Å². The Morgan fingerprint density at radius 3 is 2.37 bits per heavy atom. The number of hydrogen-bond acceptors (Lipinski definition) is 8. The lowest BCUT2D eigenvalue weighted by Crippen LogP contribution is -2.26. The fourth-order valence-electron chi connectivity index (χ4n) is 1.46. The number of rotatable bonds is 8. The maximum atomic E-state index is 11.0. The molecule has 0 aromatic carbocycles. The molecule has 1 atom stereocenters. The molecule has 0 saturated carbocycles. The minimum Gasteiger partial charge on any atom is -0.353 e. The third kappa shape index (κ3) is 4.95. The Hall–Kier alpha value is -1.48. The summed E-state index contributed by atoms with van der Waals surface area (Å²) in [5.41, 5.74) is 2.42. The van der Waals surface area contributed by atoms with Crippen molar-refractivity contribution in [2.75, 3.05) is 47.3 Å². The topological polar surface area (TPSA) is 109 Å². The van der Waals surface area contributed by atoms with Crippen LogP contribution in [0.15, 0.2) is 0 Å². The van der Waals surface area contributed by atoms with E-state index in [1.54, 1.807) is 6.26 Å². The molecule has 9 heteroatoms. The molecular formula is C10H21N7OS. The molecule has 4 N–H and O–H groups in total. The van der Waals surface area contributed by atoms with Gasteiger partial charge in [-0.1, -0.05) is 0 Å². The zero-order valence-electron chi connectivity index (χ0n) is 11.5. The van der Waals surface area contributed by atoms with Crippen LogP contribution in [0.2, 0.25) is 0 Å². The highest BCUT2D eigenvalue weighted by Gasteiger charge is 2.10. The van der Waals surface area contributed by atoms with Crippen LogP contribution in [-0.2, 0) is 10.8 Å². The lowest BCUT2D eigenvalue weighted by atomic mass is 10.5. The van der Waals surface area contributed by atoms with Gasteiger partial charge in [-0.3, -0.25) is 9.63 Å². The van der Waals surface area contributed by atoms with Gasteiger partial charge in [-0.05, 0) is 13.8 Å². The average Bonchev–Trinajstić information content (AvgIpc) is 2.39. The second kappa shape index (κ2) is 7.85. The Morgan fingerprint density at radius 2 is 1.84 bits per heavy atom. The second-order valence-electron chi connectivity index (χ2n) is 3.80. The van der Waals surface area contributed by atoms with E-state index in [0.717, 1.165) is 13.1 Å². The summed E-state index contributed by atoms with van der Waals surface area (Å²) in [6, 6.07) is 0. The molecule has 1 aromatic rings. The molecule has 8 nitrogen and oxygen atoms in total. The molecule has 0 radical (unpaired) electrons. The largest absolute Gasteiger partial charge is 0.353 e. The number of nitrogens with two attached hydrogens (primary N) is 1. The summed E-state index contributed by atoms with van der Waals surface area (Å²) in [5, 5.41) is 3.02. The minimum absolute atomic E-state index is 0.303. The molecule has 108 valence electrons. The van der Waals surface area contributed by atoms with Crippen molar-refractivity contribution >= 4 is 28.6 Å². The van der Waals surface area contributed by atoms with E-state index < -0.39 is 10.8 Å². The molecule has 19 heavy (non-hydrogen) atoms. The summed E-state index contributed by atoms with van der Waals surface area (Å²) < 4.78 is 11.0. The zero-order valence-corrected chi connectivity index (χ0v) is 12.3. The first-order valence-electron chi connectivity index (χ1n) is 6.12. The first-order chi connectivity index (χ1) is 9.10. The van der Waals surface area contributed by atoms with Crippen molar-refractivity contribution in [3.8, 4) is 0 Å². The molecule has 0 spiro atoms. The molecule has 1 rings (SSSR count). The Bertz CT molecular complexity index is 424. The summed E-state index contributed by atoms with van der Waals surface area (Å²) in [6.45, 7) is 6.17. The molecule has 0 fully saturated rings. The number of aromatic nitrogens is 3. The van der Waals surface area contributed by atoms with Crippen molar-refractivity contribution in [3.63, 3.8) is 0 Å². The van der Waals surface area contributed by atoms with Gasteiger partial charge in [0.25, 0.3) is 0 Å². The molecule has 0 aliphatic rings. The molecule has 0 aliphatic carbocycles. The molecule has 1 heterocycles. The van der Waals surface area contributed by atoms with Crippen molar-refractivity contribution < 1.29 is 4.21 Å². The van der Waals surface area contributed by atoms with E-state index in [1.165, 1.54) is 0 Å². The van der Waals surface area contributed by atoms with Gasteiger partial charge in [-0.15, -0.1) is 0 Å². The van der Waals surface area contributed by atoms with Crippen LogP contribution in [0.25, 0.3) is 0 Å². The maximum absolute atomic E-state index is 11.0. The predicted molar refractivity (Wildman–Crippen MR) is 78.6 cm³/mol. The molecule has 0 aliphatic heterocycles. The molecule has 1 unspecified atom stereocenters. The van der Waals surface area contributed by atoms with Gasteiger partial charge in [0.15, 0.2) is 0 Å². The lowest BCUT2D eigenvalue weighted by Gasteiger charge is -2.19. The fourth-order valence-corrected chi connectivity index (χ4v) is 1.85. The van der Waals surface area contributed by atoms with E-state index in [-0.39, 0.29) is 0 Å². The van der Waals surface area contributed by atoms with E-state index in [2.05, 4.69) is 25.7 Å². The normalized spacial score (nSPS) is 12.0. The van der Waals surface area contributed by atoms with E-state index >= 15 is 0 Å². The van der Waals surface area contributed by atoms with Gasteiger partial charge in [0.1, 0.15) is 0 Å². The smallest absolute Gasteiger partial charge is 0.243 e. The van der Waals surface area contributed by atoms with Gasteiger partial charge < -0.3 is 10.2 Å². The van der Waals surface area contributed by atoms with Crippen LogP contribution in [0.1, 0.15) is 13.8 Å². The van der Waals surface area contributed by atoms with E-state index in [4.69, 9.17) is 5.84 Å². The maximum Gasteiger partial charge on any atom is 0.243 e. The van der Waals surface area contributed by atoms with Crippen molar-refractivity contribution in [1.82, 2.24) is 15.0 Å². The quantitative estimate of drug-likeness (QED) is 0.445. The monoisotopic (exact) mass is 287 g/mol. The number of anilines is 3. The highest BCUT2D eigenvalue weighted by molar-refractivity contribution is 7.84. The Kier molecular flexibility index (Phi) is 6.43. The molecule has 0 amide bonds. The molecule has 0 saturated heterocycles. The number of nitrogens with zero attached hydrogens (tertiary/aromatic N) is 4. The first-order valence-corrected chi connectivity index (χ1v) is 7.84. The van der Waals surface area contributed by atoms with Gasteiger partial charge in [0.2, 0.25) is 17.8 Å². The summed E-state index contributed by atoms with van der Waals surface area (Å²) in [7, 11) is -0.848. The second-order valence-corrected chi connectivity index (χ2v) is 5.36. The summed E-state index contributed by atoms with van der Waals surface area (Å²) >= 11 is 0. The third-order valence-corrected chi connectivity index (χ3v) is 3.25. The first kappa shape index (κ1) is 15.6. The van der Waals surface area contributed by atoms with Crippen LogP contribution in [0.4, 0.5) is 17.8 Å². The van der Waals surface area contributed by atoms with Gasteiger partial charge in [0, 0.05) is 42.4 Å². The Labute approximate surface area is 115 Å². The number of hydrazine groups is 1. The number of hydrogen-bond donors (Lipinski definition) is 3. The summed E-state index contributed by atoms with van der Waals surface area (Å²) in [4.78, 5) is 14.6. The van der Waals surface area contributed by atoms with Crippen LogP contribution in [-0.4, -0.2) is 50.8 Å². The van der Waals surface area contributed by atoms with Gasteiger partial charge in [-0.2, -0.15) is 15.0 Å². The minimum atomic E-state index is -0.848. The number of nitrogens with one attached hydrogen (secondary N) is 2. The Balaban J connectivity index is 2.85. The lowest BCUT2D eigenvalue weighted by molar-refractivity contribution is 0.687. The van der Waals surface area contributed by atoms with Crippen LogP contribution < -0.4 is 21.5 Å². The van der Waals surface area contributed by atoms with Crippen LogP contribution in [0.3, 0.4) is 0 Å². The Morgan fingerprint density at radius 1 is 1.21 bits per heavy atom. The molecule has 0 bridgehead atoms. The van der Waals surface area contributed by atoms with Gasteiger partial charge in [0.05, 0.1) is 0 Å². The highest BCUT2D eigenvalue weighted by Crippen LogP contribution is 2.12. The third-order valence-electron chi connectivity index (χ3n) is 2.47. The zero-order chi connectivity index (χ0) is 14.3.